The second kappa shape index (κ2) is 8.31. The minimum atomic E-state index is 0.172. The highest BCUT2D eigenvalue weighted by Gasteiger charge is 2.30. The molecule has 33 heavy (non-hydrogen) atoms. The molecule has 7 heteroatoms. The molecule has 0 amide bonds. The van der Waals surface area contributed by atoms with Gasteiger partial charge >= 0.3 is 0 Å². The highest BCUT2D eigenvalue weighted by molar-refractivity contribution is 6.03. The Morgan fingerprint density at radius 2 is 1.70 bits per heavy atom. The van der Waals surface area contributed by atoms with Gasteiger partial charge in [0.2, 0.25) is 0 Å². The molecule has 6 rings (SSSR count). The lowest BCUT2D eigenvalue weighted by molar-refractivity contribution is 0.555. The summed E-state index contributed by atoms with van der Waals surface area (Å²) in [5.74, 6) is 0.958. The molecule has 2 aromatic carbocycles. The quantitative estimate of drug-likeness (QED) is 0.463. The van der Waals surface area contributed by atoms with E-state index in [9.17, 15) is 0 Å². The molecule has 0 aliphatic carbocycles. The van der Waals surface area contributed by atoms with Crippen LogP contribution < -0.4 is 9.91 Å². The first-order valence-electron chi connectivity index (χ1n) is 11.7. The molecule has 0 spiro atoms. The van der Waals surface area contributed by atoms with Crippen LogP contribution in [0.15, 0.2) is 72.4 Å². The van der Waals surface area contributed by atoms with E-state index < -0.39 is 0 Å². The number of aryl methyl sites for hydroxylation is 1. The summed E-state index contributed by atoms with van der Waals surface area (Å²) >= 11 is 0. The van der Waals surface area contributed by atoms with Gasteiger partial charge in [0.15, 0.2) is 17.0 Å². The first-order valence-corrected chi connectivity index (χ1v) is 11.7. The molecule has 0 bridgehead atoms. The van der Waals surface area contributed by atoms with E-state index in [0.717, 1.165) is 54.4 Å². The molecule has 166 valence electrons. The van der Waals surface area contributed by atoms with Crippen LogP contribution in [0.4, 0.5) is 11.5 Å². The van der Waals surface area contributed by atoms with Crippen LogP contribution >= 0.6 is 0 Å². The number of hydrogen-bond acceptors (Lipinski definition) is 6. The van der Waals surface area contributed by atoms with Crippen LogP contribution in [0.25, 0.3) is 11.2 Å². The summed E-state index contributed by atoms with van der Waals surface area (Å²) in [5, 5.41) is 7.22. The molecule has 2 aliphatic rings. The van der Waals surface area contributed by atoms with E-state index in [4.69, 9.17) is 10.1 Å². The predicted octanol–water partition coefficient (Wildman–Crippen LogP) is 4.42. The SMILES string of the molecule is Cc1ccc(N2N=C(c3ccccc3)CC2Cn2cnc3c(N4CCCC4)ncnc32)cc1. The Morgan fingerprint density at radius 1 is 0.909 bits per heavy atom. The van der Waals surface area contributed by atoms with Gasteiger partial charge in [0.25, 0.3) is 0 Å². The summed E-state index contributed by atoms with van der Waals surface area (Å²) in [6.07, 6.45) is 6.86. The fourth-order valence-electron chi connectivity index (χ4n) is 4.87. The van der Waals surface area contributed by atoms with Crippen LogP contribution in [0.5, 0.6) is 0 Å². The van der Waals surface area contributed by atoms with Gasteiger partial charge in [-0.05, 0) is 37.5 Å². The molecular formula is C26H27N7. The summed E-state index contributed by atoms with van der Waals surface area (Å²) in [6, 6.07) is 19.2. The van der Waals surface area contributed by atoms with E-state index >= 15 is 0 Å². The van der Waals surface area contributed by atoms with Crippen molar-refractivity contribution in [2.45, 2.75) is 38.8 Å². The van der Waals surface area contributed by atoms with E-state index in [2.05, 4.69) is 79.9 Å². The number of hydrazone groups is 1. The topological polar surface area (TPSA) is 62.4 Å². The summed E-state index contributed by atoms with van der Waals surface area (Å²) in [7, 11) is 0. The molecular weight excluding hydrogens is 410 g/mol. The van der Waals surface area contributed by atoms with Crippen LogP contribution in [0, 0.1) is 6.92 Å². The molecule has 1 unspecified atom stereocenters. The smallest absolute Gasteiger partial charge is 0.165 e. The number of anilines is 2. The van der Waals surface area contributed by atoms with Crippen LogP contribution in [0.3, 0.4) is 0 Å². The Balaban J connectivity index is 1.34. The maximum absolute atomic E-state index is 5.06. The number of rotatable bonds is 5. The van der Waals surface area contributed by atoms with Gasteiger partial charge in [-0.3, -0.25) is 5.01 Å². The number of benzene rings is 2. The summed E-state index contributed by atoms with van der Waals surface area (Å²) in [6.45, 7) is 4.94. The molecule has 0 radical (unpaired) electrons. The van der Waals surface area contributed by atoms with E-state index in [1.54, 1.807) is 6.33 Å². The van der Waals surface area contributed by atoms with Gasteiger partial charge in [0.1, 0.15) is 6.33 Å². The van der Waals surface area contributed by atoms with Crippen molar-refractivity contribution in [2.75, 3.05) is 23.0 Å². The standard InChI is InChI=1S/C26H27N7/c1-19-9-11-21(12-10-19)33-22(15-23(30-33)20-7-3-2-4-8-20)16-32-18-29-24-25(27-17-28-26(24)32)31-13-5-6-14-31/h2-4,7-12,17-18,22H,5-6,13-16H2,1H3. The Kier molecular flexibility index (Phi) is 5.02. The average molecular weight is 438 g/mol. The molecule has 1 saturated heterocycles. The van der Waals surface area contributed by atoms with E-state index in [-0.39, 0.29) is 6.04 Å². The number of hydrogen-bond donors (Lipinski definition) is 0. The van der Waals surface area contributed by atoms with Gasteiger partial charge in [0, 0.05) is 26.1 Å². The second-order valence-corrected chi connectivity index (χ2v) is 8.91. The Bertz CT molecular complexity index is 1290. The first kappa shape index (κ1) is 19.9. The molecule has 4 heterocycles. The largest absolute Gasteiger partial charge is 0.355 e. The first-order chi connectivity index (χ1) is 16.3. The average Bonchev–Trinajstić information content (AvgIpc) is 3.61. The zero-order valence-corrected chi connectivity index (χ0v) is 18.8. The number of nitrogens with zero attached hydrogens (tertiary/aromatic N) is 7. The zero-order valence-electron chi connectivity index (χ0n) is 18.8. The molecule has 1 atom stereocenters. The second-order valence-electron chi connectivity index (χ2n) is 8.91. The lowest BCUT2D eigenvalue weighted by Gasteiger charge is -2.24. The van der Waals surface area contributed by atoms with Gasteiger partial charge in [-0.2, -0.15) is 5.10 Å². The third kappa shape index (κ3) is 3.73. The van der Waals surface area contributed by atoms with E-state index in [1.165, 1.54) is 24.0 Å². The predicted molar refractivity (Wildman–Crippen MR) is 132 cm³/mol. The van der Waals surface area contributed by atoms with Gasteiger partial charge in [-0.1, -0.05) is 48.0 Å². The third-order valence-corrected chi connectivity index (χ3v) is 6.60. The highest BCUT2D eigenvalue weighted by atomic mass is 15.5. The number of imidazole rings is 1. The molecule has 1 fully saturated rings. The van der Waals surface area contributed by atoms with Gasteiger partial charge in [-0.25, -0.2) is 15.0 Å². The lowest BCUT2D eigenvalue weighted by atomic mass is 10.0. The van der Waals surface area contributed by atoms with Crippen molar-refractivity contribution in [1.82, 2.24) is 19.5 Å². The van der Waals surface area contributed by atoms with Crippen LogP contribution in [0.1, 0.15) is 30.4 Å². The van der Waals surface area contributed by atoms with Crippen molar-refractivity contribution in [1.29, 1.82) is 0 Å². The molecule has 7 nitrogen and oxygen atoms in total. The Hall–Kier alpha value is -3.74. The van der Waals surface area contributed by atoms with E-state index in [1.807, 2.05) is 12.4 Å². The van der Waals surface area contributed by atoms with Gasteiger partial charge < -0.3 is 9.47 Å². The van der Waals surface area contributed by atoms with Gasteiger partial charge in [-0.15, -0.1) is 0 Å². The summed E-state index contributed by atoms with van der Waals surface area (Å²) in [4.78, 5) is 16.2. The molecule has 0 N–H and O–H groups in total. The van der Waals surface area contributed by atoms with Crippen LogP contribution in [-0.2, 0) is 6.54 Å². The minimum Gasteiger partial charge on any atom is -0.355 e. The van der Waals surface area contributed by atoms with Crippen molar-refractivity contribution in [3.63, 3.8) is 0 Å². The van der Waals surface area contributed by atoms with Crippen molar-refractivity contribution in [2.24, 2.45) is 5.10 Å². The van der Waals surface area contributed by atoms with Crippen LogP contribution in [-0.4, -0.2) is 44.4 Å². The lowest BCUT2D eigenvalue weighted by Crippen LogP contribution is -2.31. The van der Waals surface area contributed by atoms with Crippen molar-refractivity contribution in [3.8, 4) is 0 Å². The zero-order chi connectivity index (χ0) is 22.2. The maximum Gasteiger partial charge on any atom is 0.165 e. The van der Waals surface area contributed by atoms with Crippen LogP contribution in [0.2, 0.25) is 0 Å². The van der Waals surface area contributed by atoms with Gasteiger partial charge in [0.05, 0.1) is 23.8 Å². The Labute approximate surface area is 193 Å². The number of fused-ring (bicyclic) bond motifs is 1. The highest BCUT2D eigenvalue weighted by Crippen LogP contribution is 2.30. The maximum atomic E-state index is 5.06. The normalized spacial score (nSPS) is 18.3. The van der Waals surface area contributed by atoms with Crippen molar-refractivity contribution < 1.29 is 0 Å². The summed E-state index contributed by atoms with van der Waals surface area (Å²) in [5.41, 5.74) is 6.42. The number of aromatic nitrogens is 4. The fourth-order valence-corrected chi connectivity index (χ4v) is 4.87. The monoisotopic (exact) mass is 437 g/mol. The van der Waals surface area contributed by atoms with E-state index in [0.29, 0.717) is 0 Å². The third-order valence-electron chi connectivity index (χ3n) is 6.60. The molecule has 2 aromatic heterocycles. The fraction of sp³-hybridized carbons (Fsp3) is 0.308. The molecule has 0 saturated carbocycles. The van der Waals surface area contributed by atoms with Crippen molar-refractivity contribution in [3.05, 3.63) is 78.4 Å². The van der Waals surface area contributed by atoms with Crippen molar-refractivity contribution >= 4 is 28.4 Å². The summed E-state index contributed by atoms with van der Waals surface area (Å²) < 4.78 is 2.16. The molecule has 4 aromatic rings. The molecule has 2 aliphatic heterocycles. The minimum absolute atomic E-state index is 0.172. The Morgan fingerprint density at radius 3 is 2.48 bits per heavy atom.